The van der Waals surface area contributed by atoms with E-state index in [0.29, 0.717) is 23.0 Å². The van der Waals surface area contributed by atoms with Crippen LogP contribution in [0.2, 0.25) is 10.0 Å². The van der Waals surface area contributed by atoms with Crippen LogP contribution in [0.15, 0.2) is 18.2 Å². The van der Waals surface area contributed by atoms with Gasteiger partial charge < -0.3 is 11.1 Å². The summed E-state index contributed by atoms with van der Waals surface area (Å²) in [7, 11) is 0. The van der Waals surface area contributed by atoms with Gasteiger partial charge in [-0.25, -0.2) is 0 Å². The Balaban J connectivity index is 2.63. The van der Waals surface area contributed by atoms with Gasteiger partial charge in [-0.05, 0) is 31.0 Å². The standard InChI is InChI=1S/C13H18Cl2N2O/c1-8(13(18)17-9(2)7-16)5-10-3-4-11(14)6-12(10)15/h3-4,6,8-9H,5,7,16H2,1-2H3,(H,17,18)/t8?,9-/m0/s1. The first kappa shape index (κ1) is 15.3. The molecule has 1 rings (SSSR count). The van der Waals surface area contributed by atoms with Gasteiger partial charge in [0.1, 0.15) is 0 Å². The average Bonchev–Trinajstić information content (AvgIpc) is 2.32. The van der Waals surface area contributed by atoms with Gasteiger partial charge in [-0.3, -0.25) is 4.79 Å². The third kappa shape index (κ3) is 4.48. The first-order chi connectivity index (χ1) is 8.43. The Morgan fingerprint density at radius 1 is 1.39 bits per heavy atom. The van der Waals surface area contributed by atoms with E-state index in [0.717, 1.165) is 5.56 Å². The van der Waals surface area contributed by atoms with Crippen LogP contribution in [0.4, 0.5) is 0 Å². The van der Waals surface area contributed by atoms with E-state index in [1.807, 2.05) is 19.9 Å². The highest BCUT2D eigenvalue weighted by Gasteiger charge is 2.16. The molecule has 1 aromatic carbocycles. The van der Waals surface area contributed by atoms with Crippen molar-refractivity contribution in [1.82, 2.24) is 5.32 Å². The van der Waals surface area contributed by atoms with E-state index in [-0.39, 0.29) is 17.9 Å². The molecule has 1 aromatic rings. The number of nitrogens with two attached hydrogens (primary N) is 1. The third-order valence-electron chi connectivity index (χ3n) is 2.73. The lowest BCUT2D eigenvalue weighted by Crippen LogP contribution is -2.41. The summed E-state index contributed by atoms with van der Waals surface area (Å²) in [6.07, 6.45) is 0.582. The van der Waals surface area contributed by atoms with E-state index in [4.69, 9.17) is 28.9 Å². The molecule has 0 heterocycles. The Morgan fingerprint density at radius 3 is 2.61 bits per heavy atom. The van der Waals surface area contributed by atoms with Crippen molar-refractivity contribution in [3.63, 3.8) is 0 Å². The van der Waals surface area contributed by atoms with Crippen LogP contribution in [0.25, 0.3) is 0 Å². The minimum Gasteiger partial charge on any atom is -0.352 e. The zero-order valence-electron chi connectivity index (χ0n) is 10.5. The number of benzene rings is 1. The molecule has 18 heavy (non-hydrogen) atoms. The average molecular weight is 289 g/mol. The highest BCUT2D eigenvalue weighted by Crippen LogP contribution is 2.23. The van der Waals surface area contributed by atoms with Crippen LogP contribution in [-0.2, 0) is 11.2 Å². The summed E-state index contributed by atoms with van der Waals surface area (Å²) < 4.78 is 0. The fourth-order valence-electron chi connectivity index (χ4n) is 1.55. The van der Waals surface area contributed by atoms with E-state index in [2.05, 4.69) is 5.32 Å². The molecule has 0 aromatic heterocycles. The zero-order chi connectivity index (χ0) is 13.7. The van der Waals surface area contributed by atoms with Gasteiger partial charge in [0, 0.05) is 28.5 Å². The van der Waals surface area contributed by atoms with Crippen molar-refractivity contribution in [1.29, 1.82) is 0 Å². The molecule has 0 saturated heterocycles. The molecule has 3 N–H and O–H groups in total. The normalized spacial score (nSPS) is 14.1. The number of carbonyl (C=O) groups excluding carboxylic acids is 1. The number of nitrogens with one attached hydrogen (secondary N) is 1. The zero-order valence-corrected chi connectivity index (χ0v) is 12.1. The van der Waals surface area contributed by atoms with Gasteiger partial charge >= 0.3 is 0 Å². The van der Waals surface area contributed by atoms with Crippen molar-refractivity contribution in [2.45, 2.75) is 26.3 Å². The van der Waals surface area contributed by atoms with Crippen molar-refractivity contribution in [2.24, 2.45) is 11.7 Å². The lowest BCUT2D eigenvalue weighted by Gasteiger charge is -2.16. The van der Waals surface area contributed by atoms with Crippen molar-refractivity contribution >= 4 is 29.1 Å². The number of carbonyl (C=O) groups is 1. The van der Waals surface area contributed by atoms with Gasteiger partial charge in [0.05, 0.1) is 0 Å². The highest BCUT2D eigenvalue weighted by atomic mass is 35.5. The first-order valence-electron chi connectivity index (χ1n) is 5.88. The predicted molar refractivity (Wildman–Crippen MR) is 76.0 cm³/mol. The molecule has 0 aliphatic carbocycles. The second kappa shape index (κ2) is 6.98. The largest absolute Gasteiger partial charge is 0.352 e. The summed E-state index contributed by atoms with van der Waals surface area (Å²) >= 11 is 11.9. The van der Waals surface area contributed by atoms with Crippen LogP contribution in [-0.4, -0.2) is 18.5 Å². The summed E-state index contributed by atoms with van der Waals surface area (Å²) in [6, 6.07) is 5.29. The van der Waals surface area contributed by atoms with E-state index < -0.39 is 0 Å². The summed E-state index contributed by atoms with van der Waals surface area (Å²) in [5.74, 6) is -0.170. The lowest BCUT2D eigenvalue weighted by molar-refractivity contribution is -0.125. The van der Waals surface area contributed by atoms with Gasteiger partial charge in [0.25, 0.3) is 0 Å². The van der Waals surface area contributed by atoms with Crippen LogP contribution >= 0.6 is 23.2 Å². The van der Waals surface area contributed by atoms with Crippen molar-refractivity contribution in [3.8, 4) is 0 Å². The van der Waals surface area contributed by atoms with Gasteiger partial charge in [-0.1, -0.05) is 36.2 Å². The summed E-state index contributed by atoms with van der Waals surface area (Å²) in [4.78, 5) is 11.9. The Bertz CT molecular complexity index is 423. The molecule has 0 aliphatic heterocycles. The van der Waals surface area contributed by atoms with Gasteiger partial charge in [-0.2, -0.15) is 0 Å². The van der Waals surface area contributed by atoms with Crippen LogP contribution < -0.4 is 11.1 Å². The maximum absolute atomic E-state index is 11.9. The van der Waals surface area contributed by atoms with Gasteiger partial charge in [-0.15, -0.1) is 0 Å². The minimum atomic E-state index is -0.155. The van der Waals surface area contributed by atoms with E-state index in [1.165, 1.54) is 0 Å². The number of rotatable bonds is 5. The maximum atomic E-state index is 11.9. The SMILES string of the molecule is CC(Cc1ccc(Cl)cc1Cl)C(=O)N[C@@H](C)CN. The Kier molecular flexibility index (Phi) is 5.93. The molecule has 0 fully saturated rings. The summed E-state index contributed by atoms with van der Waals surface area (Å²) in [5, 5.41) is 4.03. The maximum Gasteiger partial charge on any atom is 0.223 e. The second-order valence-electron chi connectivity index (χ2n) is 4.49. The van der Waals surface area contributed by atoms with Gasteiger partial charge in [0.15, 0.2) is 0 Å². The van der Waals surface area contributed by atoms with Crippen LogP contribution in [0.5, 0.6) is 0 Å². The first-order valence-corrected chi connectivity index (χ1v) is 6.64. The number of hydrogen-bond acceptors (Lipinski definition) is 2. The molecule has 2 atom stereocenters. The van der Waals surface area contributed by atoms with Crippen molar-refractivity contribution in [2.75, 3.05) is 6.54 Å². The lowest BCUT2D eigenvalue weighted by atomic mass is 10.00. The van der Waals surface area contributed by atoms with E-state index in [9.17, 15) is 4.79 Å². The molecular formula is C13H18Cl2N2O. The molecule has 5 heteroatoms. The number of halogens is 2. The molecule has 100 valence electrons. The molecule has 0 bridgehead atoms. The Labute approximate surface area is 118 Å². The number of amides is 1. The molecule has 0 spiro atoms. The fraction of sp³-hybridized carbons (Fsp3) is 0.462. The second-order valence-corrected chi connectivity index (χ2v) is 5.33. The minimum absolute atomic E-state index is 0.0133. The van der Waals surface area contributed by atoms with Crippen molar-refractivity contribution in [3.05, 3.63) is 33.8 Å². The molecule has 3 nitrogen and oxygen atoms in total. The quantitative estimate of drug-likeness (QED) is 0.875. The van der Waals surface area contributed by atoms with E-state index >= 15 is 0 Å². The Hall–Kier alpha value is -0.770. The molecule has 0 saturated carbocycles. The van der Waals surface area contributed by atoms with Gasteiger partial charge in [0.2, 0.25) is 5.91 Å². The highest BCUT2D eigenvalue weighted by molar-refractivity contribution is 6.35. The predicted octanol–water partition coefficient (Wildman–Crippen LogP) is 2.64. The van der Waals surface area contributed by atoms with Crippen LogP contribution in [0, 0.1) is 5.92 Å². The van der Waals surface area contributed by atoms with E-state index in [1.54, 1.807) is 12.1 Å². The van der Waals surface area contributed by atoms with Crippen LogP contribution in [0.3, 0.4) is 0 Å². The summed E-state index contributed by atoms with van der Waals surface area (Å²) in [5.41, 5.74) is 6.38. The molecule has 0 aliphatic rings. The number of hydrogen-bond donors (Lipinski definition) is 2. The smallest absolute Gasteiger partial charge is 0.223 e. The third-order valence-corrected chi connectivity index (χ3v) is 3.32. The van der Waals surface area contributed by atoms with Crippen molar-refractivity contribution < 1.29 is 4.79 Å². The topological polar surface area (TPSA) is 55.1 Å². The Morgan fingerprint density at radius 2 is 2.06 bits per heavy atom. The molecular weight excluding hydrogens is 271 g/mol. The molecule has 1 amide bonds. The molecule has 1 unspecified atom stereocenters. The van der Waals surface area contributed by atoms with Crippen LogP contribution in [0.1, 0.15) is 19.4 Å². The monoisotopic (exact) mass is 288 g/mol. The summed E-state index contributed by atoms with van der Waals surface area (Å²) in [6.45, 7) is 4.17. The molecule has 0 radical (unpaired) electrons. The fourth-order valence-corrected chi connectivity index (χ4v) is 2.04.